The molecule has 0 amide bonds. The van der Waals surface area contributed by atoms with Gasteiger partial charge in [-0.05, 0) is 58.3 Å². The zero-order valence-electron chi connectivity index (χ0n) is 13.8. The number of nitrogens with zero attached hydrogens (tertiary/aromatic N) is 1. The molecular formula is C17H30N2O2. The van der Waals surface area contributed by atoms with Crippen molar-refractivity contribution in [1.29, 1.82) is 0 Å². The van der Waals surface area contributed by atoms with Crippen molar-refractivity contribution in [2.24, 2.45) is 5.73 Å². The quantitative estimate of drug-likeness (QED) is 0.732. The summed E-state index contributed by atoms with van der Waals surface area (Å²) < 4.78 is 5.40. The zero-order valence-corrected chi connectivity index (χ0v) is 13.8. The highest BCUT2D eigenvalue weighted by Gasteiger charge is 2.18. The van der Waals surface area contributed by atoms with Gasteiger partial charge < -0.3 is 20.5 Å². The minimum Gasteiger partial charge on any atom is -0.496 e. The second-order valence-electron chi connectivity index (χ2n) is 6.26. The van der Waals surface area contributed by atoms with Crippen molar-refractivity contribution in [3.05, 3.63) is 29.8 Å². The number of benzene rings is 1. The van der Waals surface area contributed by atoms with Crippen LogP contribution in [0.5, 0.6) is 5.75 Å². The summed E-state index contributed by atoms with van der Waals surface area (Å²) in [5.74, 6) is 0.951. The lowest BCUT2D eigenvalue weighted by Crippen LogP contribution is -2.41. The molecule has 0 aliphatic carbocycles. The van der Waals surface area contributed by atoms with Crippen molar-refractivity contribution in [2.45, 2.75) is 44.7 Å². The molecule has 0 radical (unpaired) electrons. The Bertz CT molecular complexity index is 421. The molecule has 0 saturated carbocycles. The third kappa shape index (κ3) is 6.04. The summed E-state index contributed by atoms with van der Waals surface area (Å²) in [6.07, 6.45) is 2.77. The van der Waals surface area contributed by atoms with Gasteiger partial charge in [-0.2, -0.15) is 0 Å². The van der Waals surface area contributed by atoms with Crippen molar-refractivity contribution < 1.29 is 9.84 Å². The molecule has 1 aromatic rings. The van der Waals surface area contributed by atoms with Gasteiger partial charge in [0.1, 0.15) is 5.75 Å². The molecule has 4 nitrogen and oxygen atoms in total. The first-order valence-electron chi connectivity index (χ1n) is 7.61. The van der Waals surface area contributed by atoms with Crippen LogP contribution in [-0.2, 0) is 6.42 Å². The number of ether oxygens (including phenoxy) is 1. The lowest BCUT2D eigenvalue weighted by molar-refractivity contribution is 0.185. The molecule has 0 fully saturated rings. The van der Waals surface area contributed by atoms with Gasteiger partial charge in [-0.3, -0.25) is 0 Å². The number of hydrogen-bond donors (Lipinski definition) is 2. The Labute approximate surface area is 128 Å². The highest BCUT2D eigenvalue weighted by molar-refractivity contribution is 5.33. The summed E-state index contributed by atoms with van der Waals surface area (Å²) >= 11 is 0. The van der Waals surface area contributed by atoms with Crippen molar-refractivity contribution >= 4 is 0 Å². The Morgan fingerprint density at radius 3 is 2.67 bits per heavy atom. The fourth-order valence-electron chi connectivity index (χ4n) is 2.38. The van der Waals surface area contributed by atoms with E-state index in [0.717, 1.165) is 31.6 Å². The number of methoxy groups -OCH3 is 1. The third-order valence-electron chi connectivity index (χ3n) is 4.08. The molecule has 120 valence electrons. The van der Waals surface area contributed by atoms with Crippen LogP contribution < -0.4 is 10.5 Å². The lowest BCUT2D eigenvalue weighted by Gasteiger charge is -2.27. The number of hydrogen-bond acceptors (Lipinski definition) is 4. The molecule has 1 aromatic carbocycles. The van der Waals surface area contributed by atoms with E-state index in [1.54, 1.807) is 7.11 Å². The van der Waals surface area contributed by atoms with Crippen molar-refractivity contribution in [3.8, 4) is 5.75 Å². The maximum Gasteiger partial charge on any atom is 0.122 e. The van der Waals surface area contributed by atoms with E-state index in [-0.39, 0.29) is 6.61 Å². The summed E-state index contributed by atoms with van der Waals surface area (Å²) in [5, 5.41) is 9.17. The number of rotatable bonds is 9. The van der Waals surface area contributed by atoms with E-state index in [1.165, 1.54) is 5.56 Å². The van der Waals surface area contributed by atoms with Gasteiger partial charge in [-0.25, -0.2) is 0 Å². The highest BCUT2D eigenvalue weighted by Crippen LogP contribution is 2.20. The van der Waals surface area contributed by atoms with Gasteiger partial charge in [-0.1, -0.05) is 18.2 Å². The van der Waals surface area contributed by atoms with Crippen molar-refractivity contribution in [1.82, 2.24) is 4.90 Å². The maximum absolute atomic E-state index is 9.17. The largest absolute Gasteiger partial charge is 0.496 e. The molecule has 0 aliphatic rings. The van der Waals surface area contributed by atoms with Gasteiger partial charge in [0.05, 0.1) is 13.7 Å². The molecular weight excluding hydrogens is 264 g/mol. The Hall–Kier alpha value is -1.10. The van der Waals surface area contributed by atoms with Gasteiger partial charge in [0.15, 0.2) is 0 Å². The van der Waals surface area contributed by atoms with E-state index in [4.69, 9.17) is 15.6 Å². The minimum absolute atomic E-state index is 0.0352. The molecule has 0 spiro atoms. The van der Waals surface area contributed by atoms with Crippen LogP contribution in [-0.4, -0.2) is 48.9 Å². The Kier molecular flexibility index (Phi) is 7.15. The predicted molar refractivity (Wildman–Crippen MR) is 87.7 cm³/mol. The van der Waals surface area contributed by atoms with Gasteiger partial charge in [0.25, 0.3) is 0 Å². The molecule has 2 unspecified atom stereocenters. The van der Waals surface area contributed by atoms with Crippen molar-refractivity contribution in [3.63, 3.8) is 0 Å². The maximum atomic E-state index is 9.17. The summed E-state index contributed by atoms with van der Waals surface area (Å²) in [4.78, 5) is 2.33. The molecule has 21 heavy (non-hydrogen) atoms. The summed E-state index contributed by atoms with van der Waals surface area (Å²) in [5.41, 5.74) is 6.72. The molecule has 0 bridgehead atoms. The van der Waals surface area contributed by atoms with Crippen LogP contribution in [0.25, 0.3) is 0 Å². The smallest absolute Gasteiger partial charge is 0.122 e. The first-order chi connectivity index (χ1) is 9.89. The fourth-order valence-corrected chi connectivity index (χ4v) is 2.38. The molecule has 0 aliphatic heterocycles. The van der Waals surface area contributed by atoms with E-state index in [1.807, 2.05) is 25.1 Å². The fraction of sp³-hybridized carbons (Fsp3) is 0.647. The van der Waals surface area contributed by atoms with E-state index in [9.17, 15) is 0 Å². The SMILES string of the molecule is COc1ccccc1CC(C)N(C)CCCC(C)(N)CO. The molecule has 4 heteroatoms. The van der Waals surface area contributed by atoms with E-state index >= 15 is 0 Å². The third-order valence-corrected chi connectivity index (χ3v) is 4.08. The van der Waals surface area contributed by atoms with Crippen LogP contribution in [0, 0.1) is 0 Å². The topological polar surface area (TPSA) is 58.7 Å². The summed E-state index contributed by atoms with van der Waals surface area (Å²) in [6, 6.07) is 8.59. The Morgan fingerprint density at radius 1 is 1.38 bits per heavy atom. The van der Waals surface area contributed by atoms with E-state index < -0.39 is 5.54 Å². The summed E-state index contributed by atoms with van der Waals surface area (Å²) in [7, 11) is 3.84. The van der Waals surface area contributed by atoms with Crippen LogP contribution in [0.4, 0.5) is 0 Å². The molecule has 2 atom stereocenters. The molecule has 1 rings (SSSR count). The van der Waals surface area contributed by atoms with Crippen LogP contribution in [0.3, 0.4) is 0 Å². The molecule has 0 heterocycles. The number of para-hydroxylation sites is 1. The second kappa shape index (κ2) is 8.37. The number of likely N-dealkylation sites (N-methyl/N-ethyl adjacent to an activating group) is 1. The van der Waals surface area contributed by atoms with Gasteiger partial charge in [0.2, 0.25) is 0 Å². The normalized spacial score (nSPS) is 15.8. The first-order valence-corrected chi connectivity index (χ1v) is 7.61. The minimum atomic E-state index is -0.466. The molecule has 0 saturated heterocycles. The average molecular weight is 294 g/mol. The van der Waals surface area contributed by atoms with Crippen LogP contribution >= 0.6 is 0 Å². The predicted octanol–water partition coefficient (Wildman–Crippen LogP) is 2.05. The molecule has 3 N–H and O–H groups in total. The van der Waals surface area contributed by atoms with Gasteiger partial charge in [0, 0.05) is 11.6 Å². The standard InChI is InChI=1S/C17H30N2O2/c1-14(12-15-8-5-6-9-16(15)21-4)19(3)11-7-10-17(2,18)13-20/h5-6,8-9,14,20H,7,10-13,18H2,1-4H3. The monoisotopic (exact) mass is 294 g/mol. The van der Waals surface area contributed by atoms with E-state index in [2.05, 4.69) is 24.9 Å². The first kappa shape index (κ1) is 18.0. The van der Waals surface area contributed by atoms with Crippen LogP contribution in [0.1, 0.15) is 32.3 Å². The van der Waals surface area contributed by atoms with Crippen LogP contribution in [0.15, 0.2) is 24.3 Å². The highest BCUT2D eigenvalue weighted by atomic mass is 16.5. The Morgan fingerprint density at radius 2 is 2.05 bits per heavy atom. The van der Waals surface area contributed by atoms with Crippen LogP contribution in [0.2, 0.25) is 0 Å². The number of nitrogens with two attached hydrogens (primary N) is 1. The number of aliphatic hydroxyl groups is 1. The summed E-state index contributed by atoms with van der Waals surface area (Å²) in [6.45, 7) is 5.13. The van der Waals surface area contributed by atoms with E-state index in [0.29, 0.717) is 6.04 Å². The van der Waals surface area contributed by atoms with Gasteiger partial charge >= 0.3 is 0 Å². The Balaban J connectivity index is 2.46. The second-order valence-corrected chi connectivity index (χ2v) is 6.26. The zero-order chi connectivity index (χ0) is 15.9. The van der Waals surface area contributed by atoms with Crippen molar-refractivity contribution in [2.75, 3.05) is 27.3 Å². The van der Waals surface area contributed by atoms with Gasteiger partial charge in [-0.15, -0.1) is 0 Å². The number of aliphatic hydroxyl groups excluding tert-OH is 1. The molecule has 0 aromatic heterocycles. The lowest BCUT2D eigenvalue weighted by atomic mass is 9.98. The average Bonchev–Trinajstić information content (AvgIpc) is 2.47.